The van der Waals surface area contributed by atoms with Crippen molar-refractivity contribution >= 4 is 33.0 Å². The minimum absolute atomic E-state index is 0.0688. The molecular weight excluding hydrogens is 514 g/mol. The Kier molecular flexibility index (Phi) is 11.1. The lowest BCUT2D eigenvalue weighted by atomic mass is 10.0. The number of nitrogens with one attached hydrogen (secondary N) is 3. The Morgan fingerprint density at radius 1 is 0.923 bits per heavy atom. The molecule has 10 heteroatoms. The van der Waals surface area contributed by atoms with Crippen molar-refractivity contribution in [1.82, 2.24) is 15.3 Å². The van der Waals surface area contributed by atoms with Gasteiger partial charge in [-0.1, -0.05) is 33.8 Å². The van der Waals surface area contributed by atoms with Gasteiger partial charge in [0.25, 0.3) is 0 Å². The number of benzene rings is 2. The van der Waals surface area contributed by atoms with Gasteiger partial charge in [-0.05, 0) is 61.2 Å². The van der Waals surface area contributed by atoms with Crippen LogP contribution >= 0.6 is 0 Å². The van der Waals surface area contributed by atoms with Crippen LogP contribution in [0.15, 0.2) is 59.6 Å². The molecule has 2 aromatic carbocycles. The van der Waals surface area contributed by atoms with E-state index in [1.165, 1.54) is 0 Å². The van der Waals surface area contributed by atoms with E-state index < -0.39 is 9.84 Å². The lowest BCUT2D eigenvalue weighted by Crippen LogP contribution is -2.25. The molecule has 3 rings (SSSR count). The van der Waals surface area contributed by atoms with Crippen LogP contribution in [-0.2, 0) is 14.6 Å². The molecule has 3 aromatic rings. The first kappa shape index (κ1) is 30.3. The van der Waals surface area contributed by atoms with E-state index in [2.05, 4.69) is 32.8 Å². The third-order valence-electron chi connectivity index (χ3n) is 5.48. The van der Waals surface area contributed by atoms with Crippen LogP contribution in [0.5, 0.6) is 5.75 Å². The van der Waals surface area contributed by atoms with E-state index in [0.29, 0.717) is 30.7 Å². The van der Waals surface area contributed by atoms with Crippen LogP contribution in [0.2, 0.25) is 0 Å². The fourth-order valence-corrected chi connectivity index (χ4v) is 5.61. The largest absolute Gasteiger partial charge is 0.492 e. The van der Waals surface area contributed by atoms with Gasteiger partial charge in [0.05, 0.1) is 17.3 Å². The predicted molar refractivity (Wildman–Crippen MR) is 157 cm³/mol. The summed E-state index contributed by atoms with van der Waals surface area (Å²) in [6, 6.07) is 14.4. The Bertz CT molecular complexity index is 1290. The first-order chi connectivity index (χ1) is 18.6. The number of aryl methyl sites for hydroxylation is 1. The van der Waals surface area contributed by atoms with Crippen molar-refractivity contribution in [2.45, 2.75) is 45.9 Å². The SMILES string of the molecule is CCCOCCNCCOc1ccc(Nc2ncc(C)c(Nc3cccc(S(=O)(=O)CC(C)(C)C)c3)n2)cc1. The summed E-state index contributed by atoms with van der Waals surface area (Å²) in [6.45, 7) is 13.3. The normalized spacial score (nSPS) is 11.8. The predicted octanol–water partition coefficient (Wildman–Crippen LogP) is 5.49. The molecule has 9 nitrogen and oxygen atoms in total. The number of ether oxygens (including phenoxy) is 2. The molecule has 1 aromatic heterocycles. The maximum Gasteiger partial charge on any atom is 0.229 e. The molecule has 0 bridgehead atoms. The second-order valence-electron chi connectivity index (χ2n) is 10.6. The second-order valence-corrected chi connectivity index (χ2v) is 12.5. The van der Waals surface area contributed by atoms with Gasteiger partial charge < -0.3 is 25.4 Å². The van der Waals surface area contributed by atoms with E-state index in [-0.39, 0.29) is 16.1 Å². The van der Waals surface area contributed by atoms with Gasteiger partial charge in [-0.25, -0.2) is 13.4 Å². The zero-order valence-corrected chi connectivity index (χ0v) is 24.4. The topological polar surface area (TPSA) is 114 Å². The van der Waals surface area contributed by atoms with Crippen molar-refractivity contribution in [2.75, 3.05) is 49.3 Å². The molecule has 0 unspecified atom stereocenters. The van der Waals surface area contributed by atoms with Crippen molar-refractivity contribution in [1.29, 1.82) is 0 Å². The van der Waals surface area contributed by atoms with Crippen LogP contribution in [0.4, 0.5) is 23.1 Å². The van der Waals surface area contributed by atoms with Crippen molar-refractivity contribution in [3.05, 3.63) is 60.3 Å². The Morgan fingerprint density at radius 2 is 1.67 bits per heavy atom. The summed E-state index contributed by atoms with van der Waals surface area (Å²) < 4.78 is 36.9. The highest BCUT2D eigenvalue weighted by molar-refractivity contribution is 7.91. The van der Waals surface area contributed by atoms with Crippen LogP contribution < -0.4 is 20.7 Å². The first-order valence-electron chi connectivity index (χ1n) is 13.3. The summed E-state index contributed by atoms with van der Waals surface area (Å²) in [5.41, 5.74) is 1.95. The van der Waals surface area contributed by atoms with Gasteiger partial charge in [0.2, 0.25) is 5.95 Å². The number of nitrogens with zero attached hydrogens (tertiary/aromatic N) is 2. The first-order valence-corrected chi connectivity index (χ1v) is 14.9. The van der Waals surface area contributed by atoms with Gasteiger partial charge in [0, 0.05) is 42.8 Å². The van der Waals surface area contributed by atoms with Crippen LogP contribution in [0, 0.1) is 12.3 Å². The summed E-state index contributed by atoms with van der Waals surface area (Å²) in [5, 5.41) is 9.74. The number of rotatable bonds is 15. The van der Waals surface area contributed by atoms with Crippen LogP contribution in [0.3, 0.4) is 0 Å². The maximum absolute atomic E-state index is 12.9. The number of hydrogen-bond donors (Lipinski definition) is 3. The van der Waals surface area contributed by atoms with Gasteiger partial charge >= 0.3 is 0 Å². The molecule has 0 radical (unpaired) electrons. The monoisotopic (exact) mass is 555 g/mol. The minimum atomic E-state index is -3.41. The molecule has 0 fully saturated rings. The minimum Gasteiger partial charge on any atom is -0.492 e. The Labute approximate surface area is 232 Å². The highest BCUT2D eigenvalue weighted by atomic mass is 32.2. The lowest BCUT2D eigenvalue weighted by Gasteiger charge is -2.18. The molecular formula is C29H41N5O4S. The number of hydrogen-bond acceptors (Lipinski definition) is 9. The van der Waals surface area contributed by atoms with Gasteiger partial charge in [0.1, 0.15) is 18.2 Å². The van der Waals surface area contributed by atoms with Crippen molar-refractivity contribution in [3.63, 3.8) is 0 Å². The van der Waals surface area contributed by atoms with E-state index in [1.807, 2.05) is 58.0 Å². The molecule has 0 aliphatic carbocycles. The summed E-state index contributed by atoms with van der Waals surface area (Å²) in [6.07, 6.45) is 2.75. The average Bonchev–Trinajstić information content (AvgIpc) is 2.87. The van der Waals surface area contributed by atoms with E-state index in [0.717, 1.165) is 43.1 Å². The molecule has 0 aliphatic heterocycles. The summed E-state index contributed by atoms with van der Waals surface area (Å²) in [4.78, 5) is 9.27. The van der Waals surface area contributed by atoms with Crippen LogP contribution in [0.25, 0.3) is 0 Å². The second kappa shape index (κ2) is 14.3. The number of aromatic nitrogens is 2. The molecule has 0 amide bonds. The molecule has 1 heterocycles. The molecule has 0 spiro atoms. The molecule has 0 atom stereocenters. The Balaban J connectivity index is 1.57. The molecule has 0 saturated carbocycles. The Morgan fingerprint density at radius 3 is 2.38 bits per heavy atom. The standard InChI is InChI=1S/C29H41N5O4S/c1-6-16-37-17-14-30-15-18-38-25-12-10-23(11-13-25)33-28-31-20-22(2)27(34-28)32-24-8-7-9-26(19-24)39(35,36)21-29(3,4)5/h7-13,19-20,30H,6,14-18,21H2,1-5H3,(H2,31,32,33,34). The number of sulfone groups is 1. The quantitative estimate of drug-likeness (QED) is 0.210. The van der Waals surface area contributed by atoms with Crippen molar-refractivity contribution in [2.24, 2.45) is 5.41 Å². The lowest BCUT2D eigenvalue weighted by molar-refractivity contribution is 0.135. The fourth-order valence-electron chi connectivity index (χ4n) is 3.71. The molecule has 0 saturated heterocycles. The van der Waals surface area contributed by atoms with E-state index in [4.69, 9.17) is 9.47 Å². The van der Waals surface area contributed by atoms with Crippen LogP contribution in [0.1, 0.15) is 39.7 Å². The molecule has 0 aliphatic rings. The van der Waals surface area contributed by atoms with Gasteiger partial charge in [-0.2, -0.15) is 4.98 Å². The highest BCUT2D eigenvalue weighted by Crippen LogP contribution is 2.26. The third-order valence-corrected chi connectivity index (χ3v) is 7.70. The molecule has 39 heavy (non-hydrogen) atoms. The zero-order valence-electron chi connectivity index (χ0n) is 23.6. The van der Waals surface area contributed by atoms with E-state index in [9.17, 15) is 8.42 Å². The van der Waals surface area contributed by atoms with Crippen molar-refractivity contribution < 1.29 is 17.9 Å². The summed E-state index contributed by atoms with van der Waals surface area (Å²) in [5.74, 6) is 1.85. The molecule has 212 valence electrons. The summed E-state index contributed by atoms with van der Waals surface area (Å²) in [7, 11) is -3.41. The molecule has 3 N–H and O–H groups in total. The van der Waals surface area contributed by atoms with Crippen LogP contribution in [-0.4, -0.2) is 57.0 Å². The van der Waals surface area contributed by atoms with Crippen molar-refractivity contribution in [3.8, 4) is 5.75 Å². The number of anilines is 4. The summed E-state index contributed by atoms with van der Waals surface area (Å²) >= 11 is 0. The van der Waals surface area contributed by atoms with Gasteiger partial charge in [-0.15, -0.1) is 0 Å². The highest BCUT2D eigenvalue weighted by Gasteiger charge is 2.23. The average molecular weight is 556 g/mol. The smallest absolute Gasteiger partial charge is 0.229 e. The van der Waals surface area contributed by atoms with Gasteiger partial charge in [0.15, 0.2) is 9.84 Å². The van der Waals surface area contributed by atoms with Gasteiger partial charge in [-0.3, -0.25) is 0 Å². The van der Waals surface area contributed by atoms with E-state index >= 15 is 0 Å². The maximum atomic E-state index is 12.9. The van der Waals surface area contributed by atoms with E-state index in [1.54, 1.807) is 24.4 Å². The zero-order chi connectivity index (χ0) is 28.3. The fraction of sp³-hybridized carbons (Fsp3) is 0.448. The Hall–Kier alpha value is -3.21. The third kappa shape index (κ3) is 10.5.